The van der Waals surface area contributed by atoms with E-state index in [0.29, 0.717) is 6.54 Å². The van der Waals surface area contributed by atoms with Gasteiger partial charge in [-0.1, -0.05) is 0 Å². The van der Waals surface area contributed by atoms with Crippen molar-refractivity contribution in [3.8, 4) is 11.1 Å². The van der Waals surface area contributed by atoms with Crippen LogP contribution in [0.1, 0.15) is 44.1 Å². The summed E-state index contributed by atoms with van der Waals surface area (Å²) in [5.74, 6) is 2.49. The highest BCUT2D eigenvalue weighted by Crippen LogP contribution is 2.55. The van der Waals surface area contributed by atoms with E-state index in [4.69, 9.17) is 0 Å². The molecule has 0 unspecified atom stereocenters. The van der Waals surface area contributed by atoms with Gasteiger partial charge in [0.05, 0.1) is 6.20 Å². The summed E-state index contributed by atoms with van der Waals surface area (Å²) in [5.41, 5.74) is 3.10. The first-order chi connectivity index (χ1) is 13.1. The highest BCUT2D eigenvalue weighted by molar-refractivity contribution is 5.75. The van der Waals surface area contributed by atoms with E-state index in [1.54, 1.807) is 4.68 Å². The van der Waals surface area contributed by atoms with Crippen LogP contribution in [0.5, 0.6) is 0 Å². The molecule has 0 aliphatic heterocycles. The van der Waals surface area contributed by atoms with Crippen molar-refractivity contribution in [2.75, 3.05) is 0 Å². The van der Waals surface area contributed by atoms with Gasteiger partial charge in [-0.25, -0.2) is 4.79 Å². The van der Waals surface area contributed by atoms with Gasteiger partial charge >= 0.3 is 6.03 Å². The minimum Gasteiger partial charge on any atom is -0.334 e. The Hall–Kier alpha value is -2.37. The molecule has 2 aromatic rings. The molecule has 4 aliphatic carbocycles. The van der Waals surface area contributed by atoms with E-state index in [-0.39, 0.29) is 11.6 Å². The van der Waals surface area contributed by atoms with Crippen LogP contribution in [0.2, 0.25) is 0 Å². The summed E-state index contributed by atoms with van der Waals surface area (Å²) in [6.45, 7) is 0.485. The van der Waals surface area contributed by atoms with Crippen LogP contribution >= 0.6 is 0 Å². The number of hydrogen-bond acceptors (Lipinski definition) is 3. The van der Waals surface area contributed by atoms with Crippen molar-refractivity contribution in [2.45, 2.75) is 50.6 Å². The van der Waals surface area contributed by atoms with Gasteiger partial charge in [0.25, 0.3) is 0 Å². The number of urea groups is 1. The number of amides is 2. The predicted molar refractivity (Wildman–Crippen MR) is 103 cm³/mol. The number of aromatic nitrogens is 3. The molecule has 6 nitrogen and oxygen atoms in total. The first-order valence-electron chi connectivity index (χ1n) is 10.1. The van der Waals surface area contributed by atoms with Crippen molar-refractivity contribution in [1.82, 2.24) is 25.4 Å². The molecule has 4 fully saturated rings. The molecular weight excluding hydrogens is 338 g/mol. The Morgan fingerprint density at radius 3 is 2.44 bits per heavy atom. The minimum absolute atomic E-state index is 0.0382. The van der Waals surface area contributed by atoms with Gasteiger partial charge in [-0.05, 0) is 67.9 Å². The Morgan fingerprint density at radius 2 is 1.81 bits per heavy atom. The molecule has 0 saturated heterocycles. The monoisotopic (exact) mass is 365 g/mol. The van der Waals surface area contributed by atoms with Gasteiger partial charge in [0.15, 0.2) is 0 Å². The molecule has 4 aliphatic rings. The summed E-state index contributed by atoms with van der Waals surface area (Å²) < 4.78 is 1.78. The Morgan fingerprint density at radius 1 is 1.11 bits per heavy atom. The number of carbonyl (C=O) groups is 1. The predicted octanol–water partition coefficient (Wildman–Crippen LogP) is 3.25. The number of carbonyl (C=O) groups excluding carboxylic acids is 1. The highest BCUT2D eigenvalue weighted by atomic mass is 16.2. The van der Waals surface area contributed by atoms with Gasteiger partial charge in [0.1, 0.15) is 0 Å². The van der Waals surface area contributed by atoms with E-state index in [9.17, 15) is 4.79 Å². The summed E-state index contributed by atoms with van der Waals surface area (Å²) in [6, 6.07) is 2.03. The molecule has 2 aromatic heterocycles. The van der Waals surface area contributed by atoms with Gasteiger partial charge in [-0.15, -0.1) is 0 Å². The maximum absolute atomic E-state index is 12.6. The number of nitrogens with zero attached hydrogens (tertiary/aromatic N) is 3. The van der Waals surface area contributed by atoms with Crippen LogP contribution in [0, 0.1) is 17.8 Å². The highest BCUT2D eigenvalue weighted by Gasteiger charge is 2.51. The van der Waals surface area contributed by atoms with Gasteiger partial charge in [-0.3, -0.25) is 9.67 Å². The van der Waals surface area contributed by atoms with Crippen molar-refractivity contribution in [3.63, 3.8) is 0 Å². The van der Waals surface area contributed by atoms with Crippen LogP contribution in [0.3, 0.4) is 0 Å². The van der Waals surface area contributed by atoms with Gasteiger partial charge in [0.2, 0.25) is 0 Å². The molecule has 0 atom stereocenters. The maximum atomic E-state index is 12.6. The van der Waals surface area contributed by atoms with Gasteiger partial charge in [-0.2, -0.15) is 5.10 Å². The second-order valence-electron chi connectivity index (χ2n) is 8.99. The van der Waals surface area contributed by atoms with Crippen molar-refractivity contribution in [1.29, 1.82) is 0 Å². The third kappa shape index (κ3) is 3.33. The first kappa shape index (κ1) is 16.8. The van der Waals surface area contributed by atoms with Crippen LogP contribution in [-0.4, -0.2) is 26.3 Å². The first-order valence-corrected chi connectivity index (χ1v) is 10.1. The van der Waals surface area contributed by atoms with E-state index in [1.165, 1.54) is 38.5 Å². The number of hydrogen-bond donors (Lipinski definition) is 2. The summed E-state index contributed by atoms with van der Waals surface area (Å²) in [4.78, 5) is 16.9. The van der Waals surface area contributed by atoms with Crippen molar-refractivity contribution < 1.29 is 4.79 Å². The second-order valence-corrected chi connectivity index (χ2v) is 8.99. The number of aryl methyl sites for hydroxylation is 1. The fourth-order valence-corrected chi connectivity index (χ4v) is 6.04. The molecule has 4 saturated carbocycles. The molecule has 0 radical (unpaired) electrons. The van der Waals surface area contributed by atoms with Gasteiger partial charge < -0.3 is 10.6 Å². The zero-order valence-corrected chi connectivity index (χ0v) is 15.8. The largest absolute Gasteiger partial charge is 0.334 e. The van der Waals surface area contributed by atoms with E-state index in [0.717, 1.165) is 34.4 Å². The van der Waals surface area contributed by atoms with Crippen LogP contribution in [0.25, 0.3) is 11.1 Å². The van der Waals surface area contributed by atoms with Crippen LogP contribution in [0.4, 0.5) is 4.79 Å². The van der Waals surface area contributed by atoms with Crippen molar-refractivity contribution in [2.24, 2.45) is 24.8 Å². The normalized spacial score (nSPS) is 31.1. The quantitative estimate of drug-likeness (QED) is 0.874. The SMILES string of the molecule is Cn1cc(-c2cncc(CNC(=O)NC34CC5CC(CC(C5)C3)C4)c2)cn1. The summed E-state index contributed by atoms with van der Waals surface area (Å²) >= 11 is 0. The minimum atomic E-state index is -0.0382. The Labute approximate surface area is 159 Å². The zero-order chi connectivity index (χ0) is 18.4. The lowest BCUT2D eigenvalue weighted by Gasteiger charge is -2.56. The summed E-state index contributed by atoms with van der Waals surface area (Å²) in [5, 5.41) is 10.6. The van der Waals surface area contributed by atoms with E-state index >= 15 is 0 Å². The topological polar surface area (TPSA) is 71.8 Å². The molecule has 0 aromatic carbocycles. The van der Waals surface area contributed by atoms with E-state index in [2.05, 4.69) is 26.8 Å². The van der Waals surface area contributed by atoms with Crippen LogP contribution in [0.15, 0.2) is 30.9 Å². The molecule has 2 heterocycles. The number of nitrogens with one attached hydrogen (secondary N) is 2. The van der Waals surface area contributed by atoms with Crippen molar-refractivity contribution >= 4 is 6.03 Å². The average molecular weight is 365 g/mol. The molecule has 2 amide bonds. The Balaban J connectivity index is 1.21. The van der Waals surface area contributed by atoms with E-state index in [1.807, 2.05) is 31.8 Å². The molecule has 6 heteroatoms. The van der Waals surface area contributed by atoms with Crippen LogP contribution < -0.4 is 10.6 Å². The third-order valence-electron chi connectivity index (χ3n) is 6.70. The molecule has 0 spiro atoms. The Bertz CT molecular complexity index is 822. The van der Waals surface area contributed by atoms with E-state index < -0.39 is 0 Å². The van der Waals surface area contributed by atoms with Gasteiger partial charge in [0, 0.05) is 48.8 Å². The lowest BCUT2D eigenvalue weighted by atomic mass is 9.53. The Kier molecular flexibility index (Phi) is 3.95. The number of rotatable bonds is 4. The van der Waals surface area contributed by atoms with Crippen LogP contribution in [-0.2, 0) is 13.6 Å². The molecule has 6 rings (SSSR count). The average Bonchev–Trinajstić information content (AvgIpc) is 3.05. The third-order valence-corrected chi connectivity index (χ3v) is 6.70. The molecule has 142 valence electrons. The fourth-order valence-electron chi connectivity index (χ4n) is 6.04. The lowest BCUT2D eigenvalue weighted by molar-refractivity contribution is -0.0135. The molecule has 27 heavy (non-hydrogen) atoms. The molecule has 2 N–H and O–H groups in total. The lowest BCUT2D eigenvalue weighted by Crippen LogP contribution is -2.61. The maximum Gasteiger partial charge on any atom is 0.315 e. The van der Waals surface area contributed by atoms with Crippen molar-refractivity contribution in [3.05, 3.63) is 36.4 Å². The zero-order valence-electron chi connectivity index (χ0n) is 15.8. The number of pyridine rings is 1. The summed E-state index contributed by atoms with van der Waals surface area (Å²) in [6.07, 6.45) is 15.1. The summed E-state index contributed by atoms with van der Waals surface area (Å²) in [7, 11) is 1.90. The molecule has 4 bridgehead atoms. The smallest absolute Gasteiger partial charge is 0.315 e. The fraction of sp³-hybridized carbons (Fsp3) is 0.571. The second kappa shape index (κ2) is 6.36. The standard InChI is InChI=1S/C21H27N5O/c1-26-13-19(12-24-26)18-5-17(9-22-11-18)10-23-20(27)25-21-6-14-2-15(7-21)4-16(3-14)8-21/h5,9,11-16H,2-4,6-8,10H2,1H3,(H2,23,25,27). The molecular formula is C21H27N5O.